The maximum atomic E-state index is 13.4. The maximum Gasteiger partial charge on any atom is 0.275 e. The fraction of sp³-hybridized carbons (Fsp3) is 0.471. The average Bonchev–Trinajstić information content (AvgIpc) is 2.62. The number of hydrogen-bond acceptors (Lipinski definition) is 5. The summed E-state index contributed by atoms with van der Waals surface area (Å²) in [7, 11) is 1.62. The number of carbonyl (C=O) groups excluding carboxylic acids is 1. The zero-order valence-electron chi connectivity index (χ0n) is 14.1. The van der Waals surface area contributed by atoms with Crippen molar-refractivity contribution in [2.24, 2.45) is 7.05 Å². The molecule has 1 fully saturated rings. The van der Waals surface area contributed by atoms with Crippen LogP contribution in [0.15, 0.2) is 23.0 Å². The lowest BCUT2D eigenvalue weighted by Gasteiger charge is -2.26. The van der Waals surface area contributed by atoms with Gasteiger partial charge in [0.25, 0.3) is 5.91 Å². The Hall–Kier alpha value is -2.32. The molecule has 2 heterocycles. The minimum atomic E-state index is -0.557. The summed E-state index contributed by atoms with van der Waals surface area (Å²) < 4.78 is 20.1. The first kappa shape index (κ1) is 17.5. The number of rotatable bonds is 5. The highest BCUT2D eigenvalue weighted by molar-refractivity contribution is 5.95. The molecule has 0 atom stereocenters. The molecule has 1 N–H and O–H groups in total. The molecule has 2 aromatic rings. The summed E-state index contributed by atoms with van der Waals surface area (Å²) in [6.45, 7) is 4.57. The van der Waals surface area contributed by atoms with Gasteiger partial charge < -0.3 is 10.1 Å². The SMILES string of the molecule is Cn1nc(C(=O)NCCCN2CCOCC2)c(=O)c2cc(F)ccc21. The van der Waals surface area contributed by atoms with Gasteiger partial charge in [0.1, 0.15) is 5.82 Å². The normalized spacial score (nSPS) is 15.4. The van der Waals surface area contributed by atoms with Crippen molar-refractivity contribution in [3.8, 4) is 0 Å². The Bertz CT molecular complexity index is 830. The Kier molecular flexibility index (Phi) is 5.40. The molecule has 7 nitrogen and oxygen atoms in total. The number of hydrogen-bond donors (Lipinski definition) is 1. The highest BCUT2D eigenvalue weighted by Gasteiger charge is 2.17. The smallest absolute Gasteiger partial charge is 0.275 e. The van der Waals surface area contributed by atoms with Crippen molar-refractivity contribution >= 4 is 16.8 Å². The number of amides is 1. The van der Waals surface area contributed by atoms with Gasteiger partial charge in [0, 0.05) is 26.7 Å². The summed E-state index contributed by atoms with van der Waals surface area (Å²) in [5.74, 6) is -1.05. The molecular weight excluding hydrogens is 327 g/mol. The zero-order valence-corrected chi connectivity index (χ0v) is 14.1. The molecule has 0 radical (unpaired) electrons. The van der Waals surface area contributed by atoms with Crippen LogP contribution in [0.1, 0.15) is 16.9 Å². The number of fused-ring (bicyclic) bond motifs is 1. The Morgan fingerprint density at radius 2 is 2.12 bits per heavy atom. The molecular formula is C17H21FN4O3. The van der Waals surface area contributed by atoms with E-state index < -0.39 is 17.2 Å². The van der Waals surface area contributed by atoms with E-state index in [1.807, 2.05) is 0 Å². The molecule has 25 heavy (non-hydrogen) atoms. The first-order valence-corrected chi connectivity index (χ1v) is 8.31. The van der Waals surface area contributed by atoms with Gasteiger partial charge in [-0.25, -0.2) is 4.39 Å². The van der Waals surface area contributed by atoms with Crippen LogP contribution in [-0.2, 0) is 11.8 Å². The third-order valence-electron chi connectivity index (χ3n) is 4.27. The molecule has 0 bridgehead atoms. The van der Waals surface area contributed by atoms with Crippen molar-refractivity contribution in [3.63, 3.8) is 0 Å². The van der Waals surface area contributed by atoms with Crippen LogP contribution in [0.4, 0.5) is 4.39 Å². The van der Waals surface area contributed by atoms with Crippen LogP contribution in [0, 0.1) is 5.82 Å². The van der Waals surface area contributed by atoms with Gasteiger partial charge in [-0.1, -0.05) is 0 Å². The third-order valence-corrected chi connectivity index (χ3v) is 4.27. The fourth-order valence-electron chi connectivity index (χ4n) is 2.91. The molecule has 0 aliphatic carbocycles. The summed E-state index contributed by atoms with van der Waals surface area (Å²) in [4.78, 5) is 27.0. The number of aromatic nitrogens is 2. The molecule has 1 saturated heterocycles. The fourth-order valence-corrected chi connectivity index (χ4v) is 2.91. The van der Waals surface area contributed by atoms with Crippen molar-refractivity contribution in [2.75, 3.05) is 39.4 Å². The van der Waals surface area contributed by atoms with Gasteiger partial charge >= 0.3 is 0 Å². The third kappa shape index (κ3) is 4.02. The van der Waals surface area contributed by atoms with Crippen molar-refractivity contribution in [1.29, 1.82) is 0 Å². The van der Waals surface area contributed by atoms with E-state index in [2.05, 4.69) is 15.3 Å². The highest BCUT2D eigenvalue weighted by Crippen LogP contribution is 2.11. The van der Waals surface area contributed by atoms with Crippen LogP contribution in [0.2, 0.25) is 0 Å². The number of carbonyl (C=O) groups is 1. The van der Waals surface area contributed by atoms with E-state index in [0.717, 1.165) is 45.3 Å². The minimum absolute atomic E-state index is 0.149. The average molecular weight is 348 g/mol. The van der Waals surface area contributed by atoms with Crippen LogP contribution < -0.4 is 10.7 Å². The molecule has 1 aromatic heterocycles. The van der Waals surface area contributed by atoms with Gasteiger partial charge in [-0.15, -0.1) is 0 Å². The second kappa shape index (κ2) is 7.71. The van der Waals surface area contributed by atoms with Crippen LogP contribution in [-0.4, -0.2) is 60.0 Å². The monoisotopic (exact) mass is 348 g/mol. The van der Waals surface area contributed by atoms with E-state index in [9.17, 15) is 14.0 Å². The van der Waals surface area contributed by atoms with Gasteiger partial charge in [-0.2, -0.15) is 5.10 Å². The highest BCUT2D eigenvalue weighted by atomic mass is 19.1. The van der Waals surface area contributed by atoms with Crippen molar-refractivity contribution < 1.29 is 13.9 Å². The molecule has 0 saturated carbocycles. The Morgan fingerprint density at radius 1 is 1.36 bits per heavy atom. The van der Waals surface area contributed by atoms with E-state index in [1.165, 1.54) is 16.8 Å². The van der Waals surface area contributed by atoms with Gasteiger partial charge in [0.15, 0.2) is 5.69 Å². The largest absolute Gasteiger partial charge is 0.379 e. The summed E-state index contributed by atoms with van der Waals surface area (Å²) in [5.41, 5.74) is -0.291. The molecule has 0 spiro atoms. The number of nitrogens with zero attached hydrogens (tertiary/aromatic N) is 3. The summed E-state index contributed by atoms with van der Waals surface area (Å²) in [5, 5.41) is 6.91. The number of ether oxygens (including phenoxy) is 1. The lowest BCUT2D eigenvalue weighted by atomic mass is 10.2. The van der Waals surface area contributed by atoms with Crippen LogP contribution >= 0.6 is 0 Å². The Balaban J connectivity index is 1.65. The van der Waals surface area contributed by atoms with Crippen molar-refractivity contribution in [3.05, 3.63) is 39.9 Å². The molecule has 1 amide bonds. The summed E-state index contributed by atoms with van der Waals surface area (Å²) in [6, 6.07) is 3.87. The van der Waals surface area contributed by atoms with E-state index in [-0.39, 0.29) is 11.1 Å². The number of halogens is 1. The summed E-state index contributed by atoms with van der Waals surface area (Å²) >= 11 is 0. The van der Waals surface area contributed by atoms with E-state index in [0.29, 0.717) is 12.1 Å². The van der Waals surface area contributed by atoms with Crippen LogP contribution in [0.3, 0.4) is 0 Å². The molecule has 0 unspecified atom stereocenters. The second-order valence-electron chi connectivity index (χ2n) is 6.03. The Morgan fingerprint density at radius 3 is 2.88 bits per heavy atom. The number of nitrogens with one attached hydrogen (secondary N) is 1. The molecule has 1 aliphatic rings. The first-order chi connectivity index (χ1) is 12.1. The van der Waals surface area contributed by atoms with E-state index in [4.69, 9.17) is 4.74 Å². The summed E-state index contributed by atoms with van der Waals surface area (Å²) in [6.07, 6.45) is 0.772. The van der Waals surface area contributed by atoms with E-state index >= 15 is 0 Å². The number of aryl methyl sites for hydroxylation is 1. The van der Waals surface area contributed by atoms with Gasteiger partial charge in [-0.3, -0.25) is 19.2 Å². The lowest BCUT2D eigenvalue weighted by molar-refractivity contribution is 0.0374. The Labute approximate surface area is 144 Å². The molecule has 8 heteroatoms. The van der Waals surface area contributed by atoms with Crippen LogP contribution in [0.25, 0.3) is 10.9 Å². The van der Waals surface area contributed by atoms with Crippen LogP contribution in [0.5, 0.6) is 0 Å². The minimum Gasteiger partial charge on any atom is -0.379 e. The topological polar surface area (TPSA) is 76.5 Å². The van der Waals surface area contributed by atoms with Gasteiger partial charge in [0.05, 0.1) is 24.1 Å². The number of morpholine rings is 1. The zero-order chi connectivity index (χ0) is 17.8. The maximum absolute atomic E-state index is 13.4. The van der Waals surface area contributed by atoms with Crippen molar-refractivity contribution in [2.45, 2.75) is 6.42 Å². The number of benzene rings is 1. The quantitative estimate of drug-likeness (QED) is 0.798. The van der Waals surface area contributed by atoms with E-state index in [1.54, 1.807) is 7.05 Å². The molecule has 1 aromatic carbocycles. The van der Waals surface area contributed by atoms with Gasteiger partial charge in [-0.05, 0) is 31.2 Å². The molecule has 134 valence electrons. The predicted molar refractivity (Wildman–Crippen MR) is 91.2 cm³/mol. The molecule has 3 rings (SSSR count). The molecule has 1 aliphatic heterocycles. The predicted octanol–water partition coefficient (Wildman–Crippen LogP) is 0.525. The van der Waals surface area contributed by atoms with Gasteiger partial charge in [0.2, 0.25) is 5.43 Å². The first-order valence-electron chi connectivity index (χ1n) is 8.31. The standard InChI is InChI=1S/C17H21FN4O3/c1-21-14-4-3-12(18)11-13(14)16(23)15(20-21)17(24)19-5-2-6-22-7-9-25-10-8-22/h3-4,11H,2,5-10H2,1H3,(H,19,24). The van der Waals surface area contributed by atoms with Crippen molar-refractivity contribution in [1.82, 2.24) is 20.0 Å². The lowest BCUT2D eigenvalue weighted by Crippen LogP contribution is -2.38. The second-order valence-corrected chi connectivity index (χ2v) is 6.03.